The number of hydrogen-bond donors (Lipinski definition) is 0. The van der Waals surface area contributed by atoms with Gasteiger partial charge in [-0.05, 0) is 17.5 Å². The lowest BCUT2D eigenvalue weighted by molar-refractivity contribution is -0.147. The molecular formula is C19H18O2. The Morgan fingerprint density at radius 1 is 1.10 bits per heavy atom. The van der Waals surface area contributed by atoms with Gasteiger partial charge in [0.15, 0.2) is 0 Å². The third-order valence-corrected chi connectivity index (χ3v) is 3.66. The number of carbonyl (C=O) groups excluding carboxylic acids is 1. The molecule has 2 heteroatoms. The standard InChI is InChI=1S/C19H18O2/c1-3-14-19(18(20)21-2,17-12-8-5-9-13-17)15-16-10-6-4-7-11-16/h1,4-13H,14-15H2,2H3/t19-/m1/s1. The molecule has 0 bridgehead atoms. The number of rotatable bonds is 5. The van der Waals surface area contributed by atoms with Crippen molar-refractivity contribution < 1.29 is 9.53 Å². The minimum atomic E-state index is -0.841. The van der Waals surface area contributed by atoms with E-state index in [4.69, 9.17) is 11.2 Å². The van der Waals surface area contributed by atoms with Crippen LogP contribution in [0.2, 0.25) is 0 Å². The van der Waals surface area contributed by atoms with Crippen LogP contribution in [0.1, 0.15) is 17.5 Å². The summed E-state index contributed by atoms with van der Waals surface area (Å²) >= 11 is 0. The molecule has 2 aromatic carbocycles. The first-order valence-corrected chi connectivity index (χ1v) is 6.84. The van der Waals surface area contributed by atoms with Crippen LogP contribution in [0, 0.1) is 12.3 Å². The molecule has 0 fully saturated rings. The second-order valence-corrected chi connectivity index (χ2v) is 4.98. The van der Waals surface area contributed by atoms with Crippen molar-refractivity contribution in [2.24, 2.45) is 0 Å². The van der Waals surface area contributed by atoms with Crippen molar-refractivity contribution in [2.75, 3.05) is 7.11 Å². The maximum Gasteiger partial charge on any atom is 0.317 e. The van der Waals surface area contributed by atoms with E-state index in [2.05, 4.69) is 5.92 Å². The number of terminal acetylenes is 1. The summed E-state index contributed by atoms with van der Waals surface area (Å²) in [6.45, 7) is 0. The van der Waals surface area contributed by atoms with E-state index in [1.165, 1.54) is 7.11 Å². The molecule has 0 aromatic heterocycles. The molecule has 2 nitrogen and oxygen atoms in total. The number of ether oxygens (including phenoxy) is 1. The van der Waals surface area contributed by atoms with Gasteiger partial charge in [0, 0.05) is 6.42 Å². The fourth-order valence-electron chi connectivity index (χ4n) is 2.60. The Morgan fingerprint density at radius 3 is 2.19 bits per heavy atom. The summed E-state index contributed by atoms with van der Waals surface area (Å²) in [5.74, 6) is 2.35. The Labute approximate surface area is 125 Å². The van der Waals surface area contributed by atoms with Gasteiger partial charge in [-0.3, -0.25) is 4.79 Å². The van der Waals surface area contributed by atoms with Crippen LogP contribution in [0.5, 0.6) is 0 Å². The van der Waals surface area contributed by atoms with Gasteiger partial charge in [0.1, 0.15) is 5.41 Å². The molecule has 0 saturated heterocycles. The zero-order chi connectivity index (χ0) is 15.1. The normalized spacial score (nSPS) is 13.0. The maximum absolute atomic E-state index is 12.5. The fraction of sp³-hybridized carbons (Fsp3) is 0.211. The number of methoxy groups -OCH3 is 1. The van der Waals surface area contributed by atoms with Crippen LogP contribution in [0.4, 0.5) is 0 Å². The molecule has 0 spiro atoms. The molecule has 21 heavy (non-hydrogen) atoms. The van der Waals surface area contributed by atoms with Crippen LogP contribution in [0.25, 0.3) is 0 Å². The molecule has 106 valence electrons. The van der Waals surface area contributed by atoms with Crippen LogP contribution >= 0.6 is 0 Å². The molecule has 0 radical (unpaired) electrons. The maximum atomic E-state index is 12.5. The average molecular weight is 278 g/mol. The highest BCUT2D eigenvalue weighted by Crippen LogP contribution is 2.33. The summed E-state index contributed by atoms with van der Waals surface area (Å²) in [6, 6.07) is 19.5. The van der Waals surface area contributed by atoms with E-state index in [0.29, 0.717) is 12.8 Å². The van der Waals surface area contributed by atoms with Crippen molar-refractivity contribution in [3.8, 4) is 12.3 Å². The summed E-state index contributed by atoms with van der Waals surface area (Å²) in [6.07, 6.45) is 6.37. The first-order chi connectivity index (χ1) is 10.2. The molecule has 0 aliphatic carbocycles. The molecule has 0 N–H and O–H groups in total. The summed E-state index contributed by atoms with van der Waals surface area (Å²) in [7, 11) is 1.40. The zero-order valence-electron chi connectivity index (χ0n) is 12.1. The Hall–Kier alpha value is -2.53. The second kappa shape index (κ2) is 6.76. The lowest BCUT2D eigenvalue weighted by atomic mass is 9.73. The quantitative estimate of drug-likeness (QED) is 0.619. The first kappa shape index (κ1) is 14.9. The van der Waals surface area contributed by atoms with Gasteiger partial charge in [-0.1, -0.05) is 60.7 Å². The minimum Gasteiger partial charge on any atom is -0.468 e. The molecule has 0 heterocycles. The number of carbonyl (C=O) groups is 1. The number of esters is 1. The molecule has 0 aliphatic rings. The minimum absolute atomic E-state index is 0.296. The van der Waals surface area contributed by atoms with Crippen LogP contribution in [-0.2, 0) is 21.4 Å². The third kappa shape index (κ3) is 3.14. The van der Waals surface area contributed by atoms with Gasteiger partial charge in [-0.2, -0.15) is 0 Å². The molecule has 0 unspecified atom stereocenters. The summed E-state index contributed by atoms with van der Waals surface area (Å²) in [4.78, 5) is 12.5. The SMILES string of the molecule is C#CC[C@](Cc1ccccc1)(C(=O)OC)c1ccccc1. The molecule has 2 aromatic rings. The predicted molar refractivity (Wildman–Crippen MR) is 83.7 cm³/mol. The highest BCUT2D eigenvalue weighted by atomic mass is 16.5. The second-order valence-electron chi connectivity index (χ2n) is 4.98. The summed E-state index contributed by atoms with van der Waals surface area (Å²) in [5.41, 5.74) is 1.10. The topological polar surface area (TPSA) is 26.3 Å². The first-order valence-electron chi connectivity index (χ1n) is 6.84. The van der Waals surface area contributed by atoms with Crippen LogP contribution in [0.15, 0.2) is 60.7 Å². The fourth-order valence-corrected chi connectivity index (χ4v) is 2.60. The van der Waals surface area contributed by atoms with Crippen LogP contribution < -0.4 is 0 Å². The lowest BCUT2D eigenvalue weighted by Gasteiger charge is -2.30. The van der Waals surface area contributed by atoms with Gasteiger partial charge in [0.25, 0.3) is 0 Å². The van der Waals surface area contributed by atoms with Crippen molar-refractivity contribution in [2.45, 2.75) is 18.3 Å². The number of hydrogen-bond acceptors (Lipinski definition) is 2. The molecule has 0 aliphatic heterocycles. The highest BCUT2D eigenvalue weighted by molar-refractivity contribution is 5.84. The highest BCUT2D eigenvalue weighted by Gasteiger charge is 2.40. The Kier molecular flexibility index (Phi) is 4.79. The van der Waals surface area contributed by atoms with Crippen molar-refractivity contribution in [3.63, 3.8) is 0 Å². The largest absolute Gasteiger partial charge is 0.468 e. The lowest BCUT2D eigenvalue weighted by Crippen LogP contribution is -2.39. The van der Waals surface area contributed by atoms with Gasteiger partial charge in [0.05, 0.1) is 7.11 Å². The Balaban J connectivity index is 2.51. The van der Waals surface area contributed by atoms with E-state index < -0.39 is 5.41 Å². The van der Waals surface area contributed by atoms with E-state index in [-0.39, 0.29) is 5.97 Å². The number of benzene rings is 2. The Bertz CT molecular complexity index is 626. The molecular weight excluding hydrogens is 260 g/mol. The molecule has 0 amide bonds. The third-order valence-electron chi connectivity index (χ3n) is 3.66. The van der Waals surface area contributed by atoms with Crippen molar-refractivity contribution in [1.82, 2.24) is 0 Å². The van der Waals surface area contributed by atoms with Gasteiger partial charge in [-0.15, -0.1) is 12.3 Å². The van der Waals surface area contributed by atoms with E-state index in [1.807, 2.05) is 60.7 Å². The predicted octanol–water partition coefficient (Wildman–Crippen LogP) is 3.36. The van der Waals surface area contributed by atoms with Crippen LogP contribution in [-0.4, -0.2) is 13.1 Å². The van der Waals surface area contributed by atoms with Crippen LogP contribution in [0.3, 0.4) is 0 Å². The zero-order valence-corrected chi connectivity index (χ0v) is 12.1. The summed E-state index contributed by atoms with van der Waals surface area (Å²) in [5, 5.41) is 0. The average Bonchev–Trinajstić information content (AvgIpc) is 2.55. The van der Waals surface area contributed by atoms with E-state index in [9.17, 15) is 4.79 Å². The Morgan fingerprint density at radius 2 is 1.67 bits per heavy atom. The van der Waals surface area contributed by atoms with Crippen molar-refractivity contribution >= 4 is 5.97 Å². The van der Waals surface area contributed by atoms with E-state index >= 15 is 0 Å². The molecule has 1 atom stereocenters. The molecule has 0 saturated carbocycles. The van der Waals surface area contributed by atoms with Gasteiger partial charge in [0.2, 0.25) is 0 Å². The molecule has 2 rings (SSSR count). The van der Waals surface area contributed by atoms with E-state index in [0.717, 1.165) is 11.1 Å². The van der Waals surface area contributed by atoms with E-state index in [1.54, 1.807) is 0 Å². The summed E-state index contributed by atoms with van der Waals surface area (Å²) < 4.78 is 5.06. The van der Waals surface area contributed by atoms with Gasteiger partial charge in [-0.25, -0.2) is 0 Å². The van der Waals surface area contributed by atoms with Gasteiger partial charge >= 0.3 is 5.97 Å². The van der Waals surface area contributed by atoms with Crippen molar-refractivity contribution in [1.29, 1.82) is 0 Å². The van der Waals surface area contributed by atoms with Gasteiger partial charge < -0.3 is 4.74 Å². The monoisotopic (exact) mass is 278 g/mol. The van der Waals surface area contributed by atoms with Crippen molar-refractivity contribution in [3.05, 3.63) is 71.8 Å². The smallest absolute Gasteiger partial charge is 0.317 e.